The smallest absolute Gasteiger partial charge is 0.0000489 e. The molecule has 0 saturated heterocycles. The second-order valence-electron chi connectivity index (χ2n) is 4.92. The molecule has 0 rings (SSSR count). The van der Waals surface area contributed by atoms with E-state index in [9.17, 15) is 0 Å². The average molecular weight is 240 g/mol. The third-order valence-electron chi connectivity index (χ3n) is 3.17. The Bertz CT molecular complexity index is 146. The summed E-state index contributed by atoms with van der Waals surface area (Å²) in [4.78, 5) is 0. The van der Waals surface area contributed by atoms with Crippen molar-refractivity contribution < 1.29 is 0 Å². The van der Waals surface area contributed by atoms with Crippen LogP contribution in [0.4, 0.5) is 0 Å². The summed E-state index contributed by atoms with van der Waals surface area (Å²) in [5, 5.41) is 10.3. The van der Waals surface area contributed by atoms with Crippen LogP contribution in [0, 0.1) is 5.41 Å². The van der Waals surface area contributed by atoms with Gasteiger partial charge in [0.05, 0.1) is 0 Å². The molecule has 17 heavy (non-hydrogen) atoms. The zero-order valence-corrected chi connectivity index (χ0v) is 11.8. The van der Waals surface area contributed by atoms with Gasteiger partial charge >= 0.3 is 0 Å². The molecule has 0 saturated carbocycles. The van der Waals surface area contributed by atoms with Gasteiger partial charge in [-0.25, -0.2) is 0 Å². The molecule has 102 valence electrons. The van der Waals surface area contributed by atoms with Crippen LogP contribution in [-0.2, 0) is 0 Å². The normalized spacial score (nSPS) is 10.6. The minimum Gasteiger partial charge on any atom is -0.316 e. The molecule has 0 aliphatic carbocycles. The first-order chi connectivity index (χ1) is 8.41. The molecule has 0 unspecified atom stereocenters. The number of rotatable bonds is 14. The minimum absolute atomic E-state index is 0.873. The molecule has 0 aliphatic rings. The summed E-state index contributed by atoms with van der Waals surface area (Å²) in [5.41, 5.74) is 0. The number of hydrogen-bond donors (Lipinski definition) is 2. The molecular weight excluding hydrogens is 208 g/mol. The van der Waals surface area contributed by atoms with E-state index < -0.39 is 0 Å². The predicted octanol–water partition coefficient (Wildman–Crippen LogP) is 4.54. The summed E-state index contributed by atoms with van der Waals surface area (Å²) < 4.78 is 0. The highest BCUT2D eigenvalue weighted by molar-refractivity contribution is 5.52. The first-order valence-corrected chi connectivity index (χ1v) is 7.61. The van der Waals surface area contributed by atoms with Gasteiger partial charge in [-0.05, 0) is 25.6 Å². The lowest BCUT2D eigenvalue weighted by molar-refractivity contribution is 0.545. The highest BCUT2D eigenvalue weighted by Gasteiger charge is 1.92. The van der Waals surface area contributed by atoms with Gasteiger partial charge in [0.1, 0.15) is 0 Å². The molecule has 0 aliphatic heterocycles. The topological polar surface area (TPSA) is 35.9 Å². The van der Waals surface area contributed by atoms with Gasteiger partial charge in [0.2, 0.25) is 0 Å². The quantitative estimate of drug-likeness (QED) is 0.339. The molecule has 0 heterocycles. The van der Waals surface area contributed by atoms with Crippen LogP contribution in [0.1, 0.15) is 77.6 Å². The fraction of sp³-hybridized carbons (Fsp3) is 0.933. The highest BCUT2D eigenvalue weighted by Crippen LogP contribution is 2.10. The second-order valence-corrected chi connectivity index (χ2v) is 4.92. The molecule has 0 aromatic carbocycles. The molecular formula is C15H32N2. The Hall–Kier alpha value is -0.370. The highest BCUT2D eigenvalue weighted by atomic mass is 14.8. The molecule has 0 radical (unpaired) electrons. The maximum Gasteiger partial charge on any atom is 0.0000489 e. The van der Waals surface area contributed by atoms with E-state index in [1.54, 1.807) is 0 Å². The van der Waals surface area contributed by atoms with Crippen LogP contribution in [0.3, 0.4) is 0 Å². The Balaban J connectivity index is 2.87. The lowest BCUT2D eigenvalue weighted by atomic mass is 10.1. The number of nitrogens with one attached hydrogen (secondary N) is 2. The van der Waals surface area contributed by atoms with Gasteiger partial charge in [-0.2, -0.15) is 0 Å². The van der Waals surface area contributed by atoms with Crippen LogP contribution in [0.25, 0.3) is 0 Å². The molecule has 2 N–H and O–H groups in total. The van der Waals surface area contributed by atoms with Crippen LogP contribution in [0.2, 0.25) is 0 Å². The SMILES string of the molecule is CCCCCCCCCCCCNCCC=N. The van der Waals surface area contributed by atoms with E-state index in [4.69, 9.17) is 5.41 Å². The molecule has 0 atom stereocenters. The van der Waals surface area contributed by atoms with Gasteiger partial charge in [-0.3, -0.25) is 0 Å². The van der Waals surface area contributed by atoms with Crippen LogP contribution >= 0.6 is 0 Å². The zero-order chi connectivity index (χ0) is 12.6. The second kappa shape index (κ2) is 15.6. The number of unbranched alkanes of at least 4 members (excludes halogenated alkanes) is 9. The summed E-state index contributed by atoms with van der Waals surface area (Å²) in [7, 11) is 0. The zero-order valence-electron chi connectivity index (χ0n) is 11.8. The maximum atomic E-state index is 6.89. The molecule has 2 nitrogen and oxygen atoms in total. The molecule has 2 heteroatoms. The van der Waals surface area contributed by atoms with Crippen molar-refractivity contribution in [2.75, 3.05) is 13.1 Å². The summed E-state index contributed by atoms with van der Waals surface area (Å²) in [6.07, 6.45) is 16.4. The molecule has 0 spiro atoms. The van der Waals surface area contributed by atoms with Crippen LogP contribution in [0.5, 0.6) is 0 Å². The van der Waals surface area contributed by atoms with Crippen molar-refractivity contribution in [2.45, 2.75) is 77.6 Å². The monoisotopic (exact) mass is 240 g/mol. The Morgan fingerprint density at radius 3 is 1.82 bits per heavy atom. The van der Waals surface area contributed by atoms with E-state index in [1.807, 2.05) is 0 Å². The van der Waals surface area contributed by atoms with E-state index in [1.165, 1.54) is 70.4 Å². The average Bonchev–Trinajstić information content (AvgIpc) is 2.35. The van der Waals surface area contributed by atoms with E-state index in [2.05, 4.69) is 12.2 Å². The fourth-order valence-corrected chi connectivity index (χ4v) is 2.04. The van der Waals surface area contributed by atoms with Gasteiger partial charge in [0.15, 0.2) is 0 Å². The van der Waals surface area contributed by atoms with Crippen molar-refractivity contribution in [1.82, 2.24) is 5.32 Å². The van der Waals surface area contributed by atoms with Crippen molar-refractivity contribution in [3.63, 3.8) is 0 Å². The number of hydrogen-bond acceptors (Lipinski definition) is 2. The van der Waals surface area contributed by atoms with E-state index in [0.29, 0.717) is 0 Å². The largest absolute Gasteiger partial charge is 0.316 e. The van der Waals surface area contributed by atoms with Gasteiger partial charge < -0.3 is 10.7 Å². The lowest BCUT2D eigenvalue weighted by Crippen LogP contribution is -2.16. The van der Waals surface area contributed by atoms with Crippen molar-refractivity contribution >= 4 is 6.21 Å². The van der Waals surface area contributed by atoms with Crippen LogP contribution in [0.15, 0.2) is 0 Å². The minimum atomic E-state index is 0.873. The van der Waals surface area contributed by atoms with E-state index in [0.717, 1.165) is 19.5 Å². The maximum absolute atomic E-state index is 6.89. The molecule has 0 amide bonds. The fourth-order valence-electron chi connectivity index (χ4n) is 2.04. The Morgan fingerprint density at radius 1 is 0.765 bits per heavy atom. The predicted molar refractivity (Wildman–Crippen MR) is 78.1 cm³/mol. The summed E-state index contributed by atoms with van der Waals surface area (Å²) in [6.45, 7) is 4.38. The lowest BCUT2D eigenvalue weighted by Gasteiger charge is -2.03. The van der Waals surface area contributed by atoms with Crippen molar-refractivity contribution in [3.05, 3.63) is 0 Å². The summed E-state index contributed by atoms with van der Waals surface area (Å²) in [6, 6.07) is 0. The Labute approximate surface area is 108 Å². The van der Waals surface area contributed by atoms with Crippen molar-refractivity contribution in [2.24, 2.45) is 0 Å². The van der Waals surface area contributed by atoms with Gasteiger partial charge in [0.25, 0.3) is 0 Å². The van der Waals surface area contributed by atoms with Gasteiger partial charge in [0, 0.05) is 6.54 Å². The van der Waals surface area contributed by atoms with E-state index >= 15 is 0 Å². The molecule has 0 fully saturated rings. The Kier molecular flexibility index (Phi) is 15.3. The first kappa shape index (κ1) is 16.6. The molecule has 0 aromatic heterocycles. The first-order valence-electron chi connectivity index (χ1n) is 7.61. The van der Waals surface area contributed by atoms with Crippen LogP contribution in [-0.4, -0.2) is 19.3 Å². The third-order valence-corrected chi connectivity index (χ3v) is 3.17. The summed E-state index contributed by atoms with van der Waals surface area (Å²) in [5.74, 6) is 0. The summed E-state index contributed by atoms with van der Waals surface area (Å²) >= 11 is 0. The van der Waals surface area contributed by atoms with Crippen molar-refractivity contribution in [3.8, 4) is 0 Å². The van der Waals surface area contributed by atoms with Gasteiger partial charge in [-0.15, -0.1) is 0 Å². The van der Waals surface area contributed by atoms with Crippen molar-refractivity contribution in [1.29, 1.82) is 5.41 Å². The van der Waals surface area contributed by atoms with E-state index in [-0.39, 0.29) is 0 Å². The third kappa shape index (κ3) is 15.6. The van der Waals surface area contributed by atoms with Crippen LogP contribution < -0.4 is 5.32 Å². The molecule has 0 aromatic rings. The standard InChI is InChI=1S/C15H32N2/c1-2-3-4-5-6-7-8-9-10-11-14-17-15-12-13-16/h13,16-17H,2-12,14-15H2,1H3. The van der Waals surface area contributed by atoms with Gasteiger partial charge in [-0.1, -0.05) is 64.7 Å². The molecule has 0 bridgehead atoms. The Morgan fingerprint density at radius 2 is 1.29 bits per heavy atom.